The van der Waals surface area contributed by atoms with E-state index in [4.69, 9.17) is 10.5 Å². The Balaban J connectivity index is 1.89. The van der Waals surface area contributed by atoms with E-state index in [1.807, 2.05) is 49.4 Å². The highest BCUT2D eigenvalue weighted by Crippen LogP contribution is 2.24. The van der Waals surface area contributed by atoms with Crippen molar-refractivity contribution in [1.29, 1.82) is 0 Å². The molecular weight excluding hydrogens is 274 g/mol. The lowest BCUT2D eigenvalue weighted by atomic mass is 9.93. The van der Waals surface area contributed by atoms with E-state index in [1.165, 1.54) is 5.56 Å². The highest BCUT2D eigenvalue weighted by atomic mass is 16.5. The van der Waals surface area contributed by atoms with E-state index in [9.17, 15) is 5.11 Å². The van der Waals surface area contributed by atoms with Crippen molar-refractivity contribution in [1.82, 2.24) is 0 Å². The molecule has 3 heteroatoms. The van der Waals surface area contributed by atoms with Crippen molar-refractivity contribution < 1.29 is 9.84 Å². The fourth-order valence-corrected chi connectivity index (χ4v) is 2.35. The van der Waals surface area contributed by atoms with E-state index in [1.54, 1.807) is 0 Å². The van der Waals surface area contributed by atoms with Gasteiger partial charge in [-0.15, -0.1) is 0 Å². The quantitative estimate of drug-likeness (QED) is 0.823. The van der Waals surface area contributed by atoms with Crippen LogP contribution in [-0.2, 0) is 6.61 Å². The molecule has 0 bridgehead atoms. The smallest absolute Gasteiger partial charge is 0.119 e. The van der Waals surface area contributed by atoms with E-state index < -0.39 is 6.10 Å². The van der Waals surface area contributed by atoms with Crippen molar-refractivity contribution in [3.8, 4) is 5.75 Å². The van der Waals surface area contributed by atoms with Crippen LogP contribution in [0.1, 0.15) is 37.3 Å². The van der Waals surface area contributed by atoms with Crippen LogP contribution in [0, 0.1) is 0 Å². The van der Waals surface area contributed by atoms with Crippen molar-refractivity contribution in [2.24, 2.45) is 5.73 Å². The van der Waals surface area contributed by atoms with Crippen molar-refractivity contribution >= 4 is 0 Å². The van der Waals surface area contributed by atoms with Gasteiger partial charge < -0.3 is 15.6 Å². The molecule has 0 saturated carbocycles. The van der Waals surface area contributed by atoms with Gasteiger partial charge in [-0.1, -0.05) is 49.4 Å². The number of benzene rings is 2. The fourth-order valence-electron chi connectivity index (χ4n) is 2.35. The van der Waals surface area contributed by atoms with Gasteiger partial charge in [-0.05, 0) is 42.5 Å². The van der Waals surface area contributed by atoms with Crippen molar-refractivity contribution in [2.75, 3.05) is 0 Å². The third kappa shape index (κ3) is 4.86. The third-order valence-electron chi connectivity index (χ3n) is 3.90. The molecule has 0 fully saturated rings. The number of aliphatic hydroxyl groups excluding tert-OH is 1. The molecule has 0 aliphatic heterocycles. The molecule has 3 nitrogen and oxygen atoms in total. The first-order valence-electron chi connectivity index (χ1n) is 7.76. The van der Waals surface area contributed by atoms with Gasteiger partial charge in [0, 0.05) is 6.04 Å². The Morgan fingerprint density at radius 3 is 2.23 bits per heavy atom. The molecular formula is C19H25NO2. The van der Waals surface area contributed by atoms with Crippen LogP contribution in [0.3, 0.4) is 0 Å². The largest absolute Gasteiger partial charge is 0.489 e. The Morgan fingerprint density at radius 1 is 1.00 bits per heavy atom. The molecule has 2 aromatic rings. The molecule has 2 rings (SSSR count). The van der Waals surface area contributed by atoms with Crippen LogP contribution in [0.5, 0.6) is 5.75 Å². The lowest BCUT2D eigenvalue weighted by molar-refractivity contribution is 0.134. The molecule has 3 unspecified atom stereocenters. The molecule has 0 amide bonds. The molecule has 3 N–H and O–H groups in total. The number of hydrogen-bond acceptors (Lipinski definition) is 3. The van der Waals surface area contributed by atoms with E-state index in [2.05, 4.69) is 19.1 Å². The molecule has 3 atom stereocenters. The Bertz CT molecular complexity index is 551. The number of nitrogens with two attached hydrogens (primary N) is 1. The molecule has 0 saturated heterocycles. The van der Waals surface area contributed by atoms with Gasteiger partial charge in [-0.25, -0.2) is 0 Å². The first kappa shape index (κ1) is 16.5. The Hall–Kier alpha value is -1.84. The zero-order chi connectivity index (χ0) is 15.9. The van der Waals surface area contributed by atoms with Crippen LogP contribution >= 0.6 is 0 Å². The average Bonchev–Trinajstić information content (AvgIpc) is 2.54. The van der Waals surface area contributed by atoms with E-state index >= 15 is 0 Å². The van der Waals surface area contributed by atoms with Crippen LogP contribution in [0.15, 0.2) is 54.6 Å². The van der Waals surface area contributed by atoms with Gasteiger partial charge in [0.15, 0.2) is 0 Å². The number of aliphatic hydroxyl groups is 1. The summed E-state index contributed by atoms with van der Waals surface area (Å²) in [5, 5.41) is 9.87. The first-order valence-corrected chi connectivity index (χ1v) is 7.76. The second-order valence-electron chi connectivity index (χ2n) is 5.91. The second-order valence-corrected chi connectivity index (χ2v) is 5.91. The molecule has 0 heterocycles. The summed E-state index contributed by atoms with van der Waals surface area (Å²) in [7, 11) is 0. The summed E-state index contributed by atoms with van der Waals surface area (Å²) in [5.74, 6) is 1.12. The lowest BCUT2D eigenvalue weighted by Crippen LogP contribution is -2.32. The molecule has 0 aliphatic carbocycles. The normalized spacial score (nSPS) is 15.1. The average molecular weight is 299 g/mol. The highest BCUT2D eigenvalue weighted by molar-refractivity contribution is 5.29. The summed E-state index contributed by atoms with van der Waals surface area (Å²) in [6.45, 7) is 4.50. The van der Waals surface area contributed by atoms with Crippen molar-refractivity contribution in [2.45, 2.75) is 44.9 Å². The summed E-state index contributed by atoms with van der Waals surface area (Å²) in [4.78, 5) is 0. The van der Waals surface area contributed by atoms with Crippen molar-refractivity contribution in [3.63, 3.8) is 0 Å². The molecule has 0 spiro atoms. The molecule has 0 radical (unpaired) electrons. The monoisotopic (exact) mass is 299 g/mol. The summed E-state index contributed by atoms with van der Waals surface area (Å²) in [6, 6.07) is 18.0. The Labute approximate surface area is 132 Å². The maximum atomic E-state index is 9.87. The van der Waals surface area contributed by atoms with E-state index in [-0.39, 0.29) is 12.0 Å². The summed E-state index contributed by atoms with van der Waals surface area (Å²) in [5.41, 5.74) is 8.05. The molecule has 2 aromatic carbocycles. The van der Waals surface area contributed by atoms with Gasteiger partial charge >= 0.3 is 0 Å². The molecule has 118 valence electrons. The predicted molar refractivity (Wildman–Crippen MR) is 89.9 cm³/mol. The fraction of sp³-hybridized carbons (Fsp3) is 0.368. The first-order chi connectivity index (χ1) is 10.6. The van der Waals surface area contributed by atoms with Gasteiger partial charge in [0.25, 0.3) is 0 Å². The van der Waals surface area contributed by atoms with E-state index in [0.29, 0.717) is 13.0 Å². The summed E-state index contributed by atoms with van der Waals surface area (Å²) in [6.07, 6.45) is 0.200. The van der Waals surface area contributed by atoms with Gasteiger partial charge in [-0.2, -0.15) is 0 Å². The lowest BCUT2D eigenvalue weighted by Gasteiger charge is -2.19. The number of rotatable bonds is 7. The van der Waals surface area contributed by atoms with Gasteiger partial charge in [-0.3, -0.25) is 0 Å². The number of ether oxygens (including phenoxy) is 1. The standard InChI is InChI=1S/C19H25NO2/c1-14(12-19(21)15(2)20)17-8-10-18(11-9-17)22-13-16-6-4-3-5-7-16/h3-11,14-15,19,21H,12-13,20H2,1-2H3. The minimum Gasteiger partial charge on any atom is -0.489 e. The summed E-state index contributed by atoms with van der Waals surface area (Å²) >= 11 is 0. The van der Waals surface area contributed by atoms with Crippen molar-refractivity contribution in [3.05, 3.63) is 65.7 Å². The van der Waals surface area contributed by atoms with Gasteiger partial charge in [0.05, 0.1) is 6.10 Å². The van der Waals surface area contributed by atoms with Gasteiger partial charge in [0.1, 0.15) is 12.4 Å². The van der Waals surface area contributed by atoms with Gasteiger partial charge in [0.2, 0.25) is 0 Å². The maximum absolute atomic E-state index is 9.87. The zero-order valence-electron chi connectivity index (χ0n) is 13.3. The third-order valence-corrected chi connectivity index (χ3v) is 3.90. The van der Waals surface area contributed by atoms with Crippen LogP contribution in [0.2, 0.25) is 0 Å². The maximum Gasteiger partial charge on any atom is 0.119 e. The minimum atomic E-state index is -0.469. The minimum absolute atomic E-state index is 0.198. The van der Waals surface area contributed by atoms with E-state index in [0.717, 1.165) is 11.3 Å². The molecule has 0 aliphatic rings. The van der Waals surface area contributed by atoms with Crippen LogP contribution in [0.25, 0.3) is 0 Å². The topological polar surface area (TPSA) is 55.5 Å². The molecule has 22 heavy (non-hydrogen) atoms. The SMILES string of the molecule is CC(CC(O)C(C)N)c1ccc(OCc2ccccc2)cc1. The highest BCUT2D eigenvalue weighted by Gasteiger charge is 2.15. The zero-order valence-corrected chi connectivity index (χ0v) is 13.3. The Kier molecular flexibility index (Phi) is 5.99. The van der Waals surface area contributed by atoms with Crippen LogP contribution < -0.4 is 10.5 Å². The molecule has 0 aromatic heterocycles. The second kappa shape index (κ2) is 7.97. The predicted octanol–water partition coefficient (Wildman–Crippen LogP) is 3.47. The Morgan fingerprint density at radius 2 is 1.64 bits per heavy atom. The summed E-state index contributed by atoms with van der Waals surface area (Å²) < 4.78 is 5.78. The van der Waals surface area contributed by atoms with Crippen LogP contribution in [-0.4, -0.2) is 17.3 Å². The number of hydrogen-bond donors (Lipinski definition) is 2. The van der Waals surface area contributed by atoms with Crippen LogP contribution in [0.4, 0.5) is 0 Å².